The second-order valence-corrected chi connectivity index (χ2v) is 7.33. The Morgan fingerprint density at radius 3 is 3.14 bits per heavy atom. The minimum Gasteiger partial charge on any atom is -0.376 e. The summed E-state index contributed by atoms with van der Waals surface area (Å²) in [5.41, 5.74) is 0.750. The van der Waals surface area contributed by atoms with E-state index in [4.69, 9.17) is 4.74 Å². The number of nitrogens with zero attached hydrogens (tertiary/aromatic N) is 3. The zero-order chi connectivity index (χ0) is 19.5. The molecule has 28 heavy (non-hydrogen) atoms. The summed E-state index contributed by atoms with van der Waals surface area (Å²) >= 11 is 1.19. The van der Waals surface area contributed by atoms with Crippen molar-refractivity contribution in [2.45, 2.75) is 30.6 Å². The van der Waals surface area contributed by atoms with E-state index in [0.29, 0.717) is 29.6 Å². The van der Waals surface area contributed by atoms with Crippen LogP contribution < -0.4 is 10.9 Å². The molecule has 3 heterocycles. The second kappa shape index (κ2) is 8.11. The van der Waals surface area contributed by atoms with E-state index in [0.717, 1.165) is 12.8 Å². The number of ether oxygens (including phenoxy) is 1. The molecule has 0 radical (unpaired) electrons. The van der Waals surface area contributed by atoms with Crippen molar-refractivity contribution in [2.75, 3.05) is 17.7 Å². The van der Waals surface area contributed by atoms with Gasteiger partial charge in [0.25, 0.3) is 5.56 Å². The Morgan fingerprint density at radius 1 is 1.46 bits per heavy atom. The molecular formula is C18H18FN5O3S. The zero-order valence-electron chi connectivity index (χ0n) is 14.9. The number of fused-ring (bicyclic) bond motifs is 1. The topological polar surface area (TPSA) is 102 Å². The molecule has 10 heteroatoms. The number of carbonyl (C=O) groups excluding carboxylic acids is 1. The molecule has 0 unspecified atom stereocenters. The average Bonchev–Trinajstić information content (AvgIpc) is 3.30. The highest BCUT2D eigenvalue weighted by Gasteiger charge is 2.22. The fraction of sp³-hybridized carbons (Fsp3) is 0.333. The third kappa shape index (κ3) is 4.07. The first kappa shape index (κ1) is 18.6. The van der Waals surface area contributed by atoms with Gasteiger partial charge in [0.15, 0.2) is 16.3 Å². The molecule has 1 atom stereocenters. The van der Waals surface area contributed by atoms with Crippen molar-refractivity contribution in [2.24, 2.45) is 0 Å². The fourth-order valence-corrected chi connectivity index (χ4v) is 3.89. The number of hydrogen-bond donors (Lipinski definition) is 2. The van der Waals surface area contributed by atoms with Gasteiger partial charge in [0, 0.05) is 12.3 Å². The number of amides is 1. The normalized spacial score (nSPS) is 16.5. The van der Waals surface area contributed by atoms with Gasteiger partial charge in [-0.3, -0.25) is 9.59 Å². The fourth-order valence-electron chi connectivity index (χ4n) is 3.09. The monoisotopic (exact) mass is 403 g/mol. The number of thioether (sulfide) groups is 1. The van der Waals surface area contributed by atoms with E-state index in [-0.39, 0.29) is 28.8 Å². The van der Waals surface area contributed by atoms with Crippen molar-refractivity contribution in [3.05, 3.63) is 46.8 Å². The Hall–Kier alpha value is -2.72. The van der Waals surface area contributed by atoms with Crippen molar-refractivity contribution >= 4 is 34.5 Å². The summed E-state index contributed by atoms with van der Waals surface area (Å²) in [6, 6.07) is 5.69. The molecule has 146 valence electrons. The maximum atomic E-state index is 13.2. The first-order valence-corrected chi connectivity index (χ1v) is 9.82. The van der Waals surface area contributed by atoms with Gasteiger partial charge in [-0.05, 0) is 31.0 Å². The number of benzene rings is 1. The van der Waals surface area contributed by atoms with E-state index >= 15 is 0 Å². The quantitative estimate of drug-likeness (QED) is 0.612. The second-order valence-electron chi connectivity index (χ2n) is 6.39. The smallest absolute Gasteiger partial charge is 0.278 e. The minimum atomic E-state index is -0.422. The molecule has 8 nitrogen and oxygen atoms in total. The molecule has 1 saturated heterocycles. The molecule has 1 aliphatic rings. The van der Waals surface area contributed by atoms with Gasteiger partial charge in [0.2, 0.25) is 5.91 Å². The van der Waals surface area contributed by atoms with Gasteiger partial charge in [-0.25, -0.2) is 14.4 Å². The van der Waals surface area contributed by atoms with Crippen molar-refractivity contribution in [1.82, 2.24) is 19.5 Å². The number of carbonyl (C=O) groups is 1. The Labute approximate surface area is 163 Å². The van der Waals surface area contributed by atoms with Crippen LogP contribution in [0.2, 0.25) is 0 Å². The van der Waals surface area contributed by atoms with Crippen molar-refractivity contribution in [1.29, 1.82) is 0 Å². The lowest BCUT2D eigenvalue weighted by molar-refractivity contribution is -0.113. The largest absolute Gasteiger partial charge is 0.376 e. The summed E-state index contributed by atoms with van der Waals surface area (Å²) in [6.45, 7) is 1.23. The maximum absolute atomic E-state index is 13.2. The summed E-state index contributed by atoms with van der Waals surface area (Å²) in [5.74, 6) is -0.661. The predicted molar refractivity (Wildman–Crippen MR) is 103 cm³/mol. The molecule has 1 fully saturated rings. The number of halogens is 1. The number of aromatic amines is 1. The summed E-state index contributed by atoms with van der Waals surface area (Å²) in [5, 5.41) is 3.16. The van der Waals surface area contributed by atoms with Crippen LogP contribution >= 0.6 is 11.8 Å². The first-order chi connectivity index (χ1) is 13.6. The third-order valence-electron chi connectivity index (χ3n) is 4.35. The Morgan fingerprint density at radius 2 is 2.36 bits per heavy atom. The Kier molecular flexibility index (Phi) is 5.40. The average molecular weight is 403 g/mol. The van der Waals surface area contributed by atoms with E-state index in [1.54, 1.807) is 6.07 Å². The van der Waals surface area contributed by atoms with E-state index in [1.807, 2.05) is 4.57 Å². The van der Waals surface area contributed by atoms with Gasteiger partial charge < -0.3 is 19.6 Å². The molecular weight excluding hydrogens is 385 g/mol. The molecule has 1 aliphatic heterocycles. The van der Waals surface area contributed by atoms with Crippen molar-refractivity contribution in [3.8, 4) is 0 Å². The van der Waals surface area contributed by atoms with E-state index < -0.39 is 5.82 Å². The number of rotatable bonds is 6. The Bertz CT molecular complexity index is 1060. The van der Waals surface area contributed by atoms with Gasteiger partial charge in [-0.15, -0.1) is 0 Å². The lowest BCUT2D eigenvalue weighted by Crippen LogP contribution is -2.18. The van der Waals surface area contributed by atoms with Gasteiger partial charge in [-0.2, -0.15) is 0 Å². The van der Waals surface area contributed by atoms with E-state index in [9.17, 15) is 14.0 Å². The standard InChI is InChI=1S/C18H18FN5O3S/c19-11-3-1-4-12(7-11)22-14(25)9-28-18-23-15-16(20-10-21-17(15)26)24(18)8-13-5-2-6-27-13/h1,3-4,7,10,13H,2,5-6,8-9H2,(H,22,25)(H,20,21,26)/t13-/m0/s1. The number of hydrogen-bond acceptors (Lipinski definition) is 6. The highest BCUT2D eigenvalue weighted by atomic mass is 32.2. The van der Waals surface area contributed by atoms with E-state index in [2.05, 4.69) is 20.3 Å². The number of H-pyrrole nitrogens is 1. The van der Waals surface area contributed by atoms with Crippen LogP contribution in [0.1, 0.15) is 12.8 Å². The Balaban J connectivity index is 1.52. The highest BCUT2D eigenvalue weighted by Crippen LogP contribution is 2.24. The summed E-state index contributed by atoms with van der Waals surface area (Å²) < 4.78 is 20.8. The molecule has 2 aromatic heterocycles. The minimum absolute atomic E-state index is 0.0268. The van der Waals surface area contributed by atoms with Crippen LogP contribution in [0.5, 0.6) is 0 Å². The maximum Gasteiger partial charge on any atom is 0.278 e. The van der Waals surface area contributed by atoms with Gasteiger partial charge in [0.05, 0.1) is 24.7 Å². The van der Waals surface area contributed by atoms with Crippen molar-refractivity contribution in [3.63, 3.8) is 0 Å². The van der Waals surface area contributed by atoms with Crippen LogP contribution in [0.3, 0.4) is 0 Å². The SMILES string of the molecule is O=C(CSc1nc2c(=O)[nH]cnc2n1C[C@@H]1CCCO1)Nc1cccc(F)c1. The molecule has 1 amide bonds. The summed E-state index contributed by atoms with van der Waals surface area (Å²) in [4.78, 5) is 35.4. The lowest BCUT2D eigenvalue weighted by Gasteiger charge is -2.13. The van der Waals surface area contributed by atoms with Crippen LogP contribution in [-0.4, -0.2) is 43.9 Å². The summed E-state index contributed by atoms with van der Waals surface area (Å²) in [7, 11) is 0. The number of imidazole rings is 1. The zero-order valence-corrected chi connectivity index (χ0v) is 15.7. The van der Waals surface area contributed by atoms with Crippen LogP contribution in [0, 0.1) is 5.82 Å². The van der Waals surface area contributed by atoms with Gasteiger partial charge >= 0.3 is 0 Å². The predicted octanol–water partition coefficient (Wildman–Crippen LogP) is 2.17. The molecule has 1 aromatic carbocycles. The van der Waals surface area contributed by atoms with Crippen LogP contribution in [0.25, 0.3) is 11.2 Å². The third-order valence-corrected chi connectivity index (χ3v) is 5.33. The first-order valence-electron chi connectivity index (χ1n) is 8.84. The van der Waals surface area contributed by atoms with E-state index in [1.165, 1.54) is 36.3 Å². The molecule has 0 spiro atoms. The lowest BCUT2D eigenvalue weighted by atomic mass is 10.2. The van der Waals surface area contributed by atoms with Crippen LogP contribution in [-0.2, 0) is 16.1 Å². The number of aromatic nitrogens is 4. The van der Waals surface area contributed by atoms with Gasteiger partial charge in [0.1, 0.15) is 5.82 Å². The van der Waals surface area contributed by atoms with Crippen LogP contribution in [0.4, 0.5) is 10.1 Å². The van der Waals surface area contributed by atoms with Crippen LogP contribution in [0.15, 0.2) is 40.5 Å². The number of nitrogens with one attached hydrogen (secondary N) is 2. The highest BCUT2D eigenvalue weighted by molar-refractivity contribution is 7.99. The molecule has 0 saturated carbocycles. The number of anilines is 1. The molecule has 2 N–H and O–H groups in total. The van der Waals surface area contributed by atoms with Gasteiger partial charge in [-0.1, -0.05) is 17.8 Å². The molecule has 3 aromatic rings. The molecule has 0 bridgehead atoms. The van der Waals surface area contributed by atoms with Crippen molar-refractivity contribution < 1.29 is 13.9 Å². The summed E-state index contributed by atoms with van der Waals surface area (Å²) in [6.07, 6.45) is 3.28. The molecule has 0 aliphatic carbocycles. The molecule has 4 rings (SSSR count).